The number of hydrogen-bond acceptors (Lipinski definition) is 4. The second-order valence-electron chi connectivity index (χ2n) is 6.24. The van der Waals surface area contributed by atoms with Gasteiger partial charge < -0.3 is 14.6 Å². The van der Waals surface area contributed by atoms with Gasteiger partial charge in [-0.25, -0.2) is 0 Å². The summed E-state index contributed by atoms with van der Waals surface area (Å²) in [5, 5.41) is 3.95. The van der Waals surface area contributed by atoms with E-state index in [1.165, 1.54) is 12.8 Å². The molecule has 114 valence electrons. The third-order valence-corrected chi connectivity index (χ3v) is 4.89. The number of hydrogen-bond donors (Lipinski definition) is 1. The zero-order valence-corrected chi connectivity index (χ0v) is 12.2. The van der Waals surface area contributed by atoms with Crippen molar-refractivity contribution in [1.29, 1.82) is 0 Å². The molecule has 1 atom stereocenters. The van der Waals surface area contributed by atoms with E-state index in [2.05, 4.69) is 10.2 Å². The lowest BCUT2D eigenvalue weighted by molar-refractivity contribution is 0.0620. The lowest BCUT2D eigenvalue weighted by Gasteiger charge is -2.44. The molecule has 4 heterocycles. The van der Waals surface area contributed by atoms with Crippen LogP contribution >= 0.6 is 0 Å². The van der Waals surface area contributed by atoms with Gasteiger partial charge >= 0.3 is 0 Å². The molecule has 2 bridgehead atoms. The maximum Gasteiger partial charge on any atom is 0.251 e. The van der Waals surface area contributed by atoms with Crippen molar-refractivity contribution in [3.63, 3.8) is 0 Å². The van der Waals surface area contributed by atoms with Crippen LogP contribution in [0.15, 0.2) is 28.7 Å². The Kier molecular flexibility index (Phi) is 3.22. The van der Waals surface area contributed by atoms with Crippen molar-refractivity contribution in [1.82, 2.24) is 10.2 Å². The average molecular weight is 298 g/mol. The molecule has 0 radical (unpaired) electrons. The number of carbonyl (C=O) groups is 2. The first-order valence-electron chi connectivity index (χ1n) is 7.75. The van der Waals surface area contributed by atoms with Crippen LogP contribution in [0.2, 0.25) is 0 Å². The molecule has 1 aromatic heterocycles. The summed E-state index contributed by atoms with van der Waals surface area (Å²) >= 11 is 0. The van der Waals surface area contributed by atoms with Crippen molar-refractivity contribution in [2.24, 2.45) is 5.92 Å². The molecule has 2 aromatic rings. The Morgan fingerprint density at radius 2 is 2.09 bits per heavy atom. The first-order valence-corrected chi connectivity index (χ1v) is 7.75. The molecule has 3 fully saturated rings. The largest absolute Gasteiger partial charge is 0.453 e. The van der Waals surface area contributed by atoms with Crippen LogP contribution in [0.4, 0.5) is 0 Å². The minimum Gasteiger partial charge on any atom is -0.453 e. The fourth-order valence-electron chi connectivity index (χ4n) is 3.64. The predicted octanol–water partition coefficient (Wildman–Crippen LogP) is 2.07. The number of fused-ring (bicyclic) bond motifs is 4. The third-order valence-electron chi connectivity index (χ3n) is 4.89. The van der Waals surface area contributed by atoms with Gasteiger partial charge in [0, 0.05) is 23.5 Å². The Morgan fingerprint density at radius 3 is 2.77 bits per heavy atom. The van der Waals surface area contributed by atoms with Crippen molar-refractivity contribution in [2.75, 3.05) is 19.6 Å². The molecular formula is C17H18N2O3. The summed E-state index contributed by atoms with van der Waals surface area (Å²) in [6.45, 7) is 3.28. The predicted molar refractivity (Wildman–Crippen MR) is 82.0 cm³/mol. The molecule has 1 aromatic carbocycles. The summed E-state index contributed by atoms with van der Waals surface area (Å²) in [5.74, 6) is 0.840. The minimum absolute atomic E-state index is 0.0468. The van der Waals surface area contributed by atoms with E-state index in [0.717, 1.165) is 25.0 Å². The fourth-order valence-corrected chi connectivity index (χ4v) is 3.64. The first kappa shape index (κ1) is 13.5. The number of furan rings is 1. The summed E-state index contributed by atoms with van der Waals surface area (Å²) in [6.07, 6.45) is 3.02. The maximum absolute atomic E-state index is 12.5. The van der Waals surface area contributed by atoms with Gasteiger partial charge in [-0.2, -0.15) is 0 Å². The number of rotatable bonds is 3. The van der Waals surface area contributed by atoms with E-state index >= 15 is 0 Å². The lowest BCUT2D eigenvalue weighted by atomic mass is 9.84. The quantitative estimate of drug-likeness (QED) is 0.881. The normalized spacial score (nSPS) is 27.0. The van der Waals surface area contributed by atoms with E-state index in [-0.39, 0.29) is 17.7 Å². The van der Waals surface area contributed by atoms with E-state index in [9.17, 15) is 9.59 Å². The second kappa shape index (κ2) is 5.25. The first-order chi connectivity index (χ1) is 10.7. The number of aldehydes is 1. The number of nitrogens with one attached hydrogen (secondary N) is 1. The summed E-state index contributed by atoms with van der Waals surface area (Å²) in [5.41, 5.74) is 1.24. The average Bonchev–Trinajstić information content (AvgIpc) is 2.98. The van der Waals surface area contributed by atoms with Gasteiger partial charge in [-0.3, -0.25) is 9.59 Å². The van der Waals surface area contributed by atoms with Crippen LogP contribution in [0.1, 0.15) is 33.8 Å². The fraction of sp³-hybridized carbons (Fsp3) is 0.412. The van der Waals surface area contributed by atoms with E-state index in [1.807, 2.05) is 0 Å². The number of piperidine rings is 3. The molecule has 5 rings (SSSR count). The van der Waals surface area contributed by atoms with E-state index in [4.69, 9.17) is 4.42 Å². The molecule has 22 heavy (non-hydrogen) atoms. The lowest BCUT2D eigenvalue weighted by Crippen LogP contribution is -2.57. The van der Waals surface area contributed by atoms with Crippen LogP contribution in [0.5, 0.6) is 0 Å². The van der Waals surface area contributed by atoms with Crippen LogP contribution in [-0.2, 0) is 0 Å². The molecule has 5 nitrogen and oxygen atoms in total. The molecule has 1 amide bonds. The molecule has 1 N–H and O–H groups in total. The van der Waals surface area contributed by atoms with Crippen molar-refractivity contribution < 1.29 is 14.0 Å². The van der Waals surface area contributed by atoms with Gasteiger partial charge in [-0.1, -0.05) is 0 Å². The molecule has 0 spiro atoms. The summed E-state index contributed by atoms with van der Waals surface area (Å²) < 4.78 is 5.34. The monoisotopic (exact) mass is 298 g/mol. The van der Waals surface area contributed by atoms with Crippen LogP contribution < -0.4 is 5.32 Å². The van der Waals surface area contributed by atoms with E-state index < -0.39 is 0 Å². The van der Waals surface area contributed by atoms with Crippen molar-refractivity contribution >= 4 is 23.2 Å². The highest BCUT2D eigenvalue weighted by Gasteiger charge is 2.34. The number of amides is 1. The van der Waals surface area contributed by atoms with Crippen LogP contribution in [0.3, 0.4) is 0 Å². The van der Waals surface area contributed by atoms with Crippen molar-refractivity contribution in [3.05, 3.63) is 35.6 Å². The van der Waals surface area contributed by atoms with Crippen molar-refractivity contribution in [2.45, 2.75) is 18.9 Å². The van der Waals surface area contributed by atoms with Gasteiger partial charge in [-0.15, -0.1) is 0 Å². The zero-order chi connectivity index (χ0) is 15.1. The van der Waals surface area contributed by atoms with Gasteiger partial charge in [0.05, 0.1) is 0 Å². The second-order valence-corrected chi connectivity index (χ2v) is 6.24. The van der Waals surface area contributed by atoms with Gasteiger partial charge in [-0.05, 0) is 56.1 Å². The number of nitrogens with zero attached hydrogens (tertiary/aromatic N) is 1. The van der Waals surface area contributed by atoms with Gasteiger partial charge in [0.2, 0.25) is 0 Å². The molecule has 0 saturated carbocycles. The molecule has 0 unspecified atom stereocenters. The minimum atomic E-state index is -0.0468. The van der Waals surface area contributed by atoms with Gasteiger partial charge in [0.15, 0.2) is 12.0 Å². The Balaban J connectivity index is 1.53. The maximum atomic E-state index is 12.5. The summed E-state index contributed by atoms with van der Waals surface area (Å²) in [4.78, 5) is 25.6. The molecule has 3 saturated heterocycles. The highest BCUT2D eigenvalue weighted by Crippen LogP contribution is 2.28. The summed E-state index contributed by atoms with van der Waals surface area (Å²) in [6, 6.07) is 7.18. The standard InChI is InChI=1S/C17H18N2O3/c20-10-14-8-13-7-12(1-2-16(13)22-14)17(21)18-15-9-19-5-3-11(15)4-6-19/h1-2,7-8,10-11,15H,3-6,9H2,(H,18,21)/t15-/m0/s1. The Morgan fingerprint density at radius 1 is 1.27 bits per heavy atom. The molecule has 3 aliphatic rings. The van der Waals surface area contributed by atoms with Crippen LogP contribution in [0.25, 0.3) is 11.0 Å². The van der Waals surface area contributed by atoms with Gasteiger partial charge in [0.1, 0.15) is 5.58 Å². The zero-order valence-electron chi connectivity index (χ0n) is 12.2. The smallest absolute Gasteiger partial charge is 0.251 e. The molecule has 0 aliphatic carbocycles. The van der Waals surface area contributed by atoms with E-state index in [0.29, 0.717) is 23.4 Å². The number of benzene rings is 1. The third kappa shape index (κ3) is 2.31. The Hall–Kier alpha value is -2.14. The van der Waals surface area contributed by atoms with Crippen molar-refractivity contribution in [3.8, 4) is 0 Å². The highest BCUT2D eigenvalue weighted by molar-refractivity contribution is 5.98. The highest BCUT2D eigenvalue weighted by atomic mass is 16.3. The molecular weight excluding hydrogens is 280 g/mol. The SMILES string of the molecule is O=Cc1cc2cc(C(=O)N[C@H]3CN4CCC3CC4)ccc2o1. The van der Waals surface area contributed by atoms with E-state index in [1.54, 1.807) is 24.3 Å². The number of carbonyl (C=O) groups excluding carboxylic acids is 2. The van der Waals surface area contributed by atoms with Crippen LogP contribution in [-0.4, -0.2) is 42.8 Å². The van der Waals surface area contributed by atoms with Gasteiger partial charge in [0.25, 0.3) is 5.91 Å². The topological polar surface area (TPSA) is 62.6 Å². The Bertz CT molecular complexity index is 729. The van der Waals surface area contributed by atoms with Crippen LogP contribution in [0, 0.1) is 5.92 Å². The molecule has 5 heteroatoms. The molecule has 3 aliphatic heterocycles. The summed E-state index contributed by atoms with van der Waals surface area (Å²) in [7, 11) is 0. The Labute approximate surface area is 128 Å².